The lowest BCUT2D eigenvalue weighted by molar-refractivity contribution is 0.0603. The molecular weight excluding hydrogens is 378 g/mol. The molecule has 1 amide bonds. The Morgan fingerprint density at radius 3 is 2.69 bits per heavy atom. The van der Waals surface area contributed by atoms with Gasteiger partial charge in [0, 0.05) is 36.2 Å². The molecule has 0 aromatic carbocycles. The van der Waals surface area contributed by atoms with Gasteiger partial charge in [-0.2, -0.15) is 5.10 Å². The third-order valence-electron chi connectivity index (χ3n) is 3.95. The number of ether oxygens (including phenoxy) is 1. The number of hydrogen-bond acceptors (Lipinski definition) is 7. The van der Waals surface area contributed by atoms with Crippen LogP contribution in [0.1, 0.15) is 57.9 Å². The number of carbonyl (C=O) groups is 2. The summed E-state index contributed by atoms with van der Waals surface area (Å²) >= 11 is 1.11. The lowest BCUT2D eigenvalue weighted by atomic mass is 9.91. The van der Waals surface area contributed by atoms with Crippen LogP contribution in [0.3, 0.4) is 0 Å². The van der Waals surface area contributed by atoms with Crippen LogP contribution in [0.5, 0.6) is 0 Å². The zero-order valence-corrected chi connectivity index (χ0v) is 16.7. The fourth-order valence-corrected chi connectivity index (χ4v) is 3.77. The molecule has 0 spiro atoms. The minimum absolute atomic E-state index is 0. The molecule has 1 aliphatic heterocycles. The lowest BCUT2D eigenvalue weighted by Gasteiger charge is -2.16. The van der Waals surface area contributed by atoms with E-state index in [0.717, 1.165) is 35.6 Å². The molecule has 142 valence electrons. The number of amides is 1. The van der Waals surface area contributed by atoms with Crippen LogP contribution in [0, 0.1) is 0 Å². The number of hydrogen-bond donors (Lipinski definition) is 3. The molecule has 0 fully saturated rings. The van der Waals surface area contributed by atoms with Crippen LogP contribution in [-0.2, 0) is 23.1 Å². The van der Waals surface area contributed by atoms with Gasteiger partial charge in [0.15, 0.2) is 10.8 Å². The summed E-state index contributed by atoms with van der Waals surface area (Å²) in [5.74, 6) is -0.795. The van der Waals surface area contributed by atoms with Crippen molar-refractivity contribution in [3.05, 3.63) is 27.5 Å². The maximum atomic E-state index is 12.6. The third kappa shape index (κ3) is 3.89. The summed E-state index contributed by atoms with van der Waals surface area (Å²) in [5.41, 5.74) is 2.47. The number of anilines is 1. The second kappa shape index (κ2) is 7.73. The Labute approximate surface area is 161 Å². The number of nitrogens with zero attached hydrogens (tertiary/aromatic N) is 2. The van der Waals surface area contributed by atoms with Gasteiger partial charge in [-0.15, -0.1) is 12.4 Å². The molecule has 0 bridgehead atoms. The van der Waals surface area contributed by atoms with Crippen LogP contribution < -0.4 is 10.6 Å². The van der Waals surface area contributed by atoms with Crippen molar-refractivity contribution in [2.45, 2.75) is 39.2 Å². The first-order valence-corrected chi connectivity index (χ1v) is 8.80. The molecule has 0 saturated heterocycles. The highest BCUT2D eigenvalue weighted by molar-refractivity contribution is 7.17. The molecule has 2 aromatic heterocycles. The van der Waals surface area contributed by atoms with E-state index in [2.05, 4.69) is 25.8 Å². The van der Waals surface area contributed by atoms with Gasteiger partial charge in [0.1, 0.15) is 4.88 Å². The number of thiazole rings is 1. The molecule has 0 radical (unpaired) electrons. The first kappa shape index (κ1) is 20.3. The molecule has 1 aliphatic rings. The van der Waals surface area contributed by atoms with Gasteiger partial charge in [-0.1, -0.05) is 32.1 Å². The minimum Gasteiger partial charge on any atom is -0.465 e. The highest BCUT2D eigenvalue weighted by Gasteiger charge is 2.29. The van der Waals surface area contributed by atoms with Crippen molar-refractivity contribution in [3.63, 3.8) is 0 Å². The summed E-state index contributed by atoms with van der Waals surface area (Å²) in [5, 5.41) is 13.4. The molecular formula is C16H22ClN5O3S. The predicted octanol–water partition coefficient (Wildman–Crippen LogP) is 2.27. The fourth-order valence-electron chi connectivity index (χ4n) is 2.68. The zero-order chi connectivity index (χ0) is 18.2. The van der Waals surface area contributed by atoms with E-state index in [1.807, 2.05) is 20.8 Å². The minimum atomic E-state index is -0.454. The number of H-pyrrole nitrogens is 1. The molecule has 8 nitrogen and oxygen atoms in total. The summed E-state index contributed by atoms with van der Waals surface area (Å²) in [6.07, 6.45) is 0.813. The van der Waals surface area contributed by atoms with Crippen molar-refractivity contribution in [3.8, 4) is 0 Å². The van der Waals surface area contributed by atoms with E-state index in [1.54, 1.807) is 0 Å². The van der Waals surface area contributed by atoms with E-state index in [-0.39, 0.29) is 23.7 Å². The fraction of sp³-hybridized carbons (Fsp3) is 0.500. The number of halogens is 1. The van der Waals surface area contributed by atoms with E-state index >= 15 is 0 Å². The summed E-state index contributed by atoms with van der Waals surface area (Å²) in [7, 11) is 1.33. The van der Waals surface area contributed by atoms with Gasteiger partial charge in [0.2, 0.25) is 0 Å². The SMILES string of the molecule is COC(=O)c1sc(NC(=O)c2n[nH]c3c2CNCC3)nc1C(C)(C)C.Cl. The number of methoxy groups -OCH3 is 1. The molecule has 0 saturated carbocycles. The van der Waals surface area contributed by atoms with Crippen LogP contribution in [0.25, 0.3) is 0 Å². The number of esters is 1. The Kier molecular flexibility index (Phi) is 6.05. The highest BCUT2D eigenvalue weighted by atomic mass is 35.5. The van der Waals surface area contributed by atoms with Crippen molar-refractivity contribution >= 4 is 40.8 Å². The number of carbonyl (C=O) groups excluding carboxylic acids is 2. The van der Waals surface area contributed by atoms with Crippen LogP contribution >= 0.6 is 23.7 Å². The van der Waals surface area contributed by atoms with Crippen molar-refractivity contribution in [2.24, 2.45) is 0 Å². The molecule has 0 atom stereocenters. The maximum Gasteiger partial charge on any atom is 0.350 e. The lowest BCUT2D eigenvalue weighted by Crippen LogP contribution is -2.25. The molecule has 2 aromatic rings. The molecule has 3 N–H and O–H groups in total. The Morgan fingerprint density at radius 1 is 1.31 bits per heavy atom. The largest absolute Gasteiger partial charge is 0.465 e. The molecule has 3 heterocycles. The Morgan fingerprint density at radius 2 is 2.04 bits per heavy atom. The van der Waals surface area contributed by atoms with Gasteiger partial charge < -0.3 is 10.1 Å². The van der Waals surface area contributed by atoms with E-state index in [0.29, 0.717) is 27.9 Å². The van der Waals surface area contributed by atoms with E-state index in [1.165, 1.54) is 7.11 Å². The Bertz CT molecular complexity index is 824. The monoisotopic (exact) mass is 399 g/mol. The normalized spacial score (nSPS) is 13.5. The van der Waals surface area contributed by atoms with Gasteiger partial charge in [-0.3, -0.25) is 15.2 Å². The summed E-state index contributed by atoms with van der Waals surface area (Å²) < 4.78 is 4.83. The van der Waals surface area contributed by atoms with Crippen LogP contribution in [0.15, 0.2) is 0 Å². The van der Waals surface area contributed by atoms with E-state index in [9.17, 15) is 9.59 Å². The zero-order valence-electron chi connectivity index (χ0n) is 15.1. The standard InChI is InChI=1S/C16H21N5O3S.ClH/c1-16(2,3)12-11(14(23)24-4)25-15(18-12)19-13(22)10-8-7-17-6-5-9(8)20-21-10;/h17H,5-7H2,1-4H3,(H,20,21)(H,18,19,22);1H. The van der Waals surface area contributed by atoms with Crippen molar-refractivity contribution in [2.75, 3.05) is 19.0 Å². The number of fused-ring (bicyclic) bond motifs is 1. The average Bonchev–Trinajstić information content (AvgIpc) is 3.17. The van der Waals surface area contributed by atoms with Gasteiger partial charge in [0.25, 0.3) is 5.91 Å². The second-order valence-electron chi connectivity index (χ2n) is 6.85. The van der Waals surface area contributed by atoms with E-state index in [4.69, 9.17) is 4.74 Å². The first-order valence-electron chi connectivity index (χ1n) is 7.99. The number of rotatable bonds is 3. The Hall–Kier alpha value is -1.97. The van der Waals surface area contributed by atoms with Crippen LogP contribution in [0.4, 0.5) is 5.13 Å². The summed E-state index contributed by atoms with van der Waals surface area (Å²) in [6.45, 7) is 7.33. The van der Waals surface area contributed by atoms with Crippen LogP contribution in [0.2, 0.25) is 0 Å². The molecule has 26 heavy (non-hydrogen) atoms. The molecule has 0 aliphatic carbocycles. The third-order valence-corrected chi connectivity index (χ3v) is 4.90. The quantitative estimate of drug-likeness (QED) is 0.683. The van der Waals surface area contributed by atoms with Gasteiger partial charge in [-0.25, -0.2) is 9.78 Å². The number of nitrogens with one attached hydrogen (secondary N) is 3. The van der Waals surface area contributed by atoms with Gasteiger partial charge in [-0.05, 0) is 0 Å². The smallest absolute Gasteiger partial charge is 0.350 e. The topological polar surface area (TPSA) is 109 Å². The average molecular weight is 400 g/mol. The van der Waals surface area contributed by atoms with Gasteiger partial charge >= 0.3 is 5.97 Å². The molecule has 10 heteroatoms. The summed E-state index contributed by atoms with van der Waals surface area (Å²) in [4.78, 5) is 29.4. The Balaban J connectivity index is 0.00000243. The maximum absolute atomic E-state index is 12.6. The van der Waals surface area contributed by atoms with Crippen molar-refractivity contribution in [1.29, 1.82) is 0 Å². The predicted molar refractivity (Wildman–Crippen MR) is 101 cm³/mol. The number of aromatic amines is 1. The molecule has 0 unspecified atom stereocenters. The van der Waals surface area contributed by atoms with Crippen molar-refractivity contribution < 1.29 is 14.3 Å². The second-order valence-corrected chi connectivity index (χ2v) is 7.85. The van der Waals surface area contributed by atoms with Crippen molar-refractivity contribution in [1.82, 2.24) is 20.5 Å². The summed E-state index contributed by atoms with van der Waals surface area (Å²) in [6, 6.07) is 0. The van der Waals surface area contributed by atoms with Crippen LogP contribution in [-0.4, -0.2) is 40.7 Å². The highest BCUT2D eigenvalue weighted by Crippen LogP contribution is 2.33. The van der Waals surface area contributed by atoms with E-state index < -0.39 is 5.97 Å². The number of aromatic nitrogens is 3. The first-order chi connectivity index (χ1) is 11.8. The molecule has 3 rings (SSSR count). The van der Waals surface area contributed by atoms with Gasteiger partial charge in [0.05, 0.1) is 12.8 Å².